The summed E-state index contributed by atoms with van der Waals surface area (Å²) in [6, 6.07) is 26.0. The monoisotopic (exact) mass is 364 g/mol. The van der Waals surface area contributed by atoms with E-state index in [0.717, 1.165) is 11.0 Å². The minimum Gasteiger partial charge on any atom is -0.464 e. The van der Waals surface area contributed by atoms with Crippen molar-refractivity contribution in [2.45, 2.75) is 13.8 Å². The van der Waals surface area contributed by atoms with Crippen LogP contribution in [0.25, 0.3) is 44.1 Å². The van der Waals surface area contributed by atoms with Crippen LogP contribution in [0.3, 0.4) is 0 Å². The van der Waals surface area contributed by atoms with Crippen LogP contribution in [0, 0.1) is 13.8 Å². The minimum atomic E-state index is 0.927. The molecule has 0 unspecified atom stereocenters. The van der Waals surface area contributed by atoms with E-state index < -0.39 is 0 Å². The Bertz CT molecular complexity index is 1330. The fourth-order valence-electron chi connectivity index (χ4n) is 4.09. The lowest BCUT2D eigenvalue weighted by molar-refractivity contribution is -0.665. The highest BCUT2D eigenvalue weighted by Crippen LogP contribution is 2.33. The van der Waals surface area contributed by atoms with Gasteiger partial charge in [-0.05, 0) is 59.3 Å². The molecule has 0 spiro atoms. The number of nitrogens with zero attached hydrogens (tertiary/aromatic N) is 1. The summed E-state index contributed by atoms with van der Waals surface area (Å²) in [4.78, 5) is 0. The third-order valence-corrected chi connectivity index (χ3v) is 5.70. The van der Waals surface area contributed by atoms with Crippen molar-refractivity contribution in [3.63, 3.8) is 0 Å². The maximum atomic E-state index is 5.68. The third-order valence-electron chi connectivity index (χ3n) is 5.70. The van der Waals surface area contributed by atoms with E-state index in [1.165, 1.54) is 44.4 Å². The van der Waals surface area contributed by atoms with Crippen molar-refractivity contribution >= 4 is 21.7 Å². The zero-order valence-electron chi connectivity index (χ0n) is 16.4. The van der Waals surface area contributed by atoms with E-state index in [-0.39, 0.29) is 0 Å². The summed E-state index contributed by atoms with van der Waals surface area (Å²) in [5, 5.41) is 3.65. The Morgan fingerprint density at radius 3 is 2.39 bits per heavy atom. The molecule has 0 radical (unpaired) electrons. The van der Waals surface area contributed by atoms with Gasteiger partial charge in [0, 0.05) is 18.4 Å². The van der Waals surface area contributed by atoms with Crippen LogP contribution in [0.5, 0.6) is 0 Å². The maximum Gasteiger partial charge on any atom is 0.220 e. The van der Waals surface area contributed by atoms with Crippen LogP contribution in [0.15, 0.2) is 83.5 Å². The van der Waals surface area contributed by atoms with E-state index in [1.807, 2.05) is 6.07 Å². The van der Waals surface area contributed by atoms with Gasteiger partial charge < -0.3 is 4.42 Å². The van der Waals surface area contributed by atoms with Crippen molar-refractivity contribution < 1.29 is 8.98 Å². The largest absolute Gasteiger partial charge is 0.464 e. The molecule has 2 nitrogen and oxygen atoms in total. The van der Waals surface area contributed by atoms with Crippen molar-refractivity contribution in [1.82, 2.24) is 0 Å². The van der Waals surface area contributed by atoms with Crippen LogP contribution in [-0.4, -0.2) is 0 Å². The van der Waals surface area contributed by atoms with Crippen LogP contribution in [-0.2, 0) is 7.05 Å². The van der Waals surface area contributed by atoms with Crippen molar-refractivity contribution in [1.29, 1.82) is 0 Å². The maximum absolute atomic E-state index is 5.68. The molecule has 5 rings (SSSR count). The summed E-state index contributed by atoms with van der Waals surface area (Å²) in [5.74, 6) is 0. The van der Waals surface area contributed by atoms with Crippen molar-refractivity contribution in [3.8, 4) is 22.4 Å². The first-order valence-electron chi connectivity index (χ1n) is 9.59. The number of aryl methyl sites for hydroxylation is 2. The van der Waals surface area contributed by atoms with E-state index in [1.54, 1.807) is 6.26 Å². The number of rotatable bonds is 2. The van der Waals surface area contributed by atoms with E-state index in [4.69, 9.17) is 4.42 Å². The number of pyridine rings is 1. The molecular weight excluding hydrogens is 342 g/mol. The number of aromatic nitrogens is 1. The number of fused-ring (bicyclic) bond motifs is 2. The van der Waals surface area contributed by atoms with Crippen LogP contribution in [0.1, 0.15) is 11.3 Å². The second-order valence-corrected chi connectivity index (χ2v) is 7.49. The van der Waals surface area contributed by atoms with Crippen molar-refractivity contribution in [3.05, 3.63) is 90.3 Å². The molecule has 0 amide bonds. The van der Waals surface area contributed by atoms with E-state index >= 15 is 0 Å². The lowest BCUT2D eigenvalue weighted by Crippen LogP contribution is -2.35. The van der Waals surface area contributed by atoms with Crippen LogP contribution >= 0.6 is 0 Å². The molecule has 0 atom stereocenters. The molecule has 2 heteroatoms. The van der Waals surface area contributed by atoms with Gasteiger partial charge in [-0.2, -0.15) is 4.57 Å². The van der Waals surface area contributed by atoms with Crippen LogP contribution in [0.2, 0.25) is 0 Å². The molecule has 136 valence electrons. The number of hydrogen-bond donors (Lipinski definition) is 0. The quantitative estimate of drug-likeness (QED) is 0.333. The average molecular weight is 364 g/mol. The Hall–Kier alpha value is -3.39. The fourth-order valence-corrected chi connectivity index (χ4v) is 4.09. The summed E-state index contributed by atoms with van der Waals surface area (Å²) in [6.07, 6.45) is 1.76. The van der Waals surface area contributed by atoms with Crippen LogP contribution < -0.4 is 4.57 Å². The zero-order valence-corrected chi connectivity index (χ0v) is 16.4. The van der Waals surface area contributed by atoms with Gasteiger partial charge in [-0.25, -0.2) is 0 Å². The molecule has 0 aliphatic carbocycles. The normalized spacial score (nSPS) is 11.4. The first-order chi connectivity index (χ1) is 13.6. The first kappa shape index (κ1) is 16.8. The highest BCUT2D eigenvalue weighted by Gasteiger charge is 2.21. The Balaban J connectivity index is 1.80. The summed E-state index contributed by atoms with van der Waals surface area (Å²) < 4.78 is 7.96. The lowest BCUT2D eigenvalue weighted by atomic mass is 9.95. The Morgan fingerprint density at radius 1 is 0.750 bits per heavy atom. The second-order valence-electron chi connectivity index (χ2n) is 7.49. The summed E-state index contributed by atoms with van der Waals surface area (Å²) in [7, 11) is 2.14. The summed E-state index contributed by atoms with van der Waals surface area (Å²) in [6.45, 7) is 4.34. The predicted octanol–water partition coefficient (Wildman–Crippen LogP) is 6.36. The van der Waals surface area contributed by atoms with Crippen molar-refractivity contribution in [2.75, 3.05) is 0 Å². The van der Waals surface area contributed by atoms with Gasteiger partial charge in [0.25, 0.3) is 0 Å². The molecule has 0 fully saturated rings. The predicted molar refractivity (Wildman–Crippen MR) is 115 cm³/mol. The lowest BCUT2D eigenvalue weighted by Gasteiger charge is -2.11. The molecule has 0 saturated heterocycles. The van der Waals surface area contributed by atoms with Gasteiger partial charge >= 0.3 is 0 Å². The van der Waals surface area contributed by atoms with Gasteiger partial charge in [0.2, 0.25) is 5.69 Å². The highest BCUT2D eigenvalue weighted by molar-refractivity contribution is 5.98. The molecule has 0 N–H and O–H groups in total. The molecule has 2 heterocycles. The molecule has 28 heavy (non-hydrogen) atoms. The van der Waals surface area contributed by atoms with Gasteiger partial charge in [-0.15, -0.1) is 0 Å². The van der Waals surface area contributed by atoms with Gasteiger partial charge in [0.1, 0.15) is 12.6 Å². The zero-order chi connectivity index (χ0) is 19.3. The van der Waals surface area contributed by atoms with Gasteiger partial charge in [-0.1, -0.05) is 36.4 Å². The van der Waals surface area contributed by atoms with E-state index in [9.17, 15) is 0 Å². The average Bonchev–Trinajstić information content (AvgIpc) is 3.16. The number of furan rings is 1. The third kappa shape index (κ3) is 2.61. The van der Waals surface area contributed by atoms with Crippen molar-refractivity contribution in [2.24, 2.45) is 7.05 Å². The number of benzene rings is 3. The Labute approximate surface area is 164 Å². The standard InChI is InChI=1S/C26H22NO/c1-17-13-21-11-12-28-25(21)16-24(17)26-23-10-9-20(19-7-5-4-6-8-19)15-22(23)14-18(2)27(26)3/h4-16H,1-3H3/q+1. The molecule has 5 aromatic rings. The molecule has 0 bridgehead atoms. The van der Waals surface area contributed by atoms with Gasteiger partial charge in [0.15, 0.2) is 5.69 Å². The molecule has 0 saturated carbocycles. The van der Waals surface area contributed by atoms with E-state index in [0.29, 0.717) is 0 Å². The fraction of sp³-hybridized carbons (Fsp3) is 0.115. The highest BCUT2D eigenvalue weighted by atomic mass is 16.3. The minimum absolute atomic E-state index is 0.927. The molecular formula is C26H22NO+. The Morgan fingerprint density at radius 2 is 1.57 bits per heavy atom. The van der Waals surface area contributed by atoms with Gasteiger partial charge in [-0.3, -0.25) is 0 Å². The topological polar surface area (TPSA) is 17.0 Å². The summed E-state index contributed by atoms with van der Waals surface area (Å²) >= 11 is 0. The Kier molecular flexibility index (Phi) is 3.80. The smallest absolute Gasteiger partial charge is 0.220 e. The molecule has 0 aliphatic rings. The van der Waals surface area contributed by atoms with Gasteiger partial charge in [0.05, 0.1) is 17.2 Å². The molecule has 0 aliphatic heterocycles. The van der Waals surface area contributed by atoms with Crippen LogP contribution in [0.4, 0.5) is 0 Å². The SMILES string of the molecule is Cc1cc2ccoc2cc1-c1c2ccc(-c3ccccc3)cc2cc(C)[n+]1C. The van der Waals surface area contributed by atoms with E-state index in [2.05, 4.69) is 92.2 Å². The number of hydrogen-bond acceptors (Lipinski definition) is 1. The molecule has 2 aromatic heterocycles. The first-order valence-corrected chi connectivity index (χ1v) is 9.59. The second kappa shape index (κ2) is 6.35. The summed E-state index contributed by atoms with van der Waals surface area (Å²) in [5.41, 5.74) is 8.33. The molecule has 3 aromatic carbocycles.